The minimum Gasteiger partial charge on any atom is -0.459 e. The van der Waals surface area contributed by atoms with Crippen molar-refractivity contribution in [2.45, 2.75) is 79.4 Å². The first-order valence-electron chi connectivity index (χ1n) is 10.2. The average Bonchev–Trinajstić information content (AvgIpc) is 2.56. The van der Waals surface area contributed by atoms with Crippen molar-refractivity contribution in [3.05, 3.63) is 36.5 Å². The number of hydrogen-bond acceptors (Lipinski definition) is 4. The lowest BCUT2D eigenvalue weighted by Crippen LogP contribution is -2.61. The predicted octanol–water partition coefficient (Wildman–Crippen LogP) is 5.39. The van der Waals surface area contributed by atoms with Crippen molar-refractivity contribution in [2.24, 2.45) is 22.7 Å². The molecule has 28 heavy (non-hydrogen) atoms. The molecule has 0 N–H and O–H groups in total. The molecular formula is C24H36O4. The molecule has 4 nitrogen and oxygen atoms in total. The van der Waals surface area contributed by atoms with E-state index in [4.69, 9.17) is 9.47 Å². The van der Waals surface area contributed by atoms with Crippen LogP contribution in [0.1, 0.15) is 67.2 Å². The number of hydrogen-bond donors (Lipinski definition) is 0. The molecule has 4 heteroatoms. The number of allylic oxidation sites excluding steroid dienone is 4. The molecule has 5 atom stereocenters. The van der Waals surface area contributed by atoms with Gasteiger partial charge < -0.3 is 9.47 Å². The van der Waals surface area contributed by atoms with Gasteiger partial charge in [0.2, 0.25) is 0 Å². The Morgan fingerprint density at radius 1 is 1.14 bits per heavy atom. The van der Waals surface area contributed by atoms with Gasteiger partial charge in [0, 0.05) is 19.3 Å². The quantitative estimate of drug-likeness (QED) is 0.360. The summed E-state index contributed by atoms with van der Waals surface area (Å²) in [7, 11) is 0. The molecule has 2 saturated carbocycles. The van der Waals surface area contributed by atoms with Crippen LogP contribution in [0.4, 0.5) is 0 Å². The Balaban J connectivity index is 2.48. The van der Waals surface area contributed by atoms with E-state index in [0.717, 1.165) is 24.8 Å². The van der Waals surface area contributed by atoms with Crippen LogP contribution in [0, 0.1) is 22.7 Å². The molecule has 2 fully saturated rings. The smallest absolute Gasteiger partial charge is 0.303 e. The van der Waals surface area contributed by atoms with Crippen molar-refractivity contribution in [1.82, 2.24) is 0 Å². The highest BCUT2D eigenvalue weighted by molar-refractivity contribution is 5.67. The zero-order valence-corrected chi connectivity index (χ0v) is 18.3. The van der Waals surface area contributed by atoms with Crippen LogP contribution in [-0.4, -0.2) is 24.1 Å². The van der Waals surface area contributed by atoms with Crippen LogP contribution in [0.2, 0.25) is 0 Å². The molecule has 0 bridgehead atoms. The number of fused-ring (bicyclic) bond motifs is 1. The summed E-state index contributed by atoms with van der Waals surface area (Å²) in [5, 5.41) is 0. The fourth-order valence-electron chi connectivity index (χ4n) is 5.81. The Hall–Kier alpha value is -1.84. The molecule has 0 aliphatic heterocycles. The molecular weight excluding hydrogens is 352 g/mol. The second-order valence-electron chi connectivity index (χ2n) is 9.40. The number of esters is 2. The van der Waals surface area contributed by atoms with Gasteiger partial charge in [-0.15, -0.1) is 0 Å². The van der Waals surface area contributed by atoms with Crippen LogP contribution in [0.5, 0.6) is 0 Å². The van der Waals surface area contributed by atoms with Crippen LogP contribution >= 0.6 is 0 Å². The van der Waals surface area contributed by atoms with Crippen molar-refractivity contribution in [3.8, 4) is 0 Å². The van der Waals surface area contributed by atoms with Gasteiger partial charge in [-0.25, -0.2) is 0 Å². The van der Waals surface area contributed by atoms with Crippen LogP contribution in [0.25, 0.3) is 0 Å². The standard InChI is InChI=1S/C24H36O4/c1-9-15(2)10-12-19-16(3)11-13-21-23(6,7)22(28-18(5)26)20(27-17(4)25)14-24(19,21)8/h9-10,19-22H,1,3,11-14H2,2,4-8H3/b15-10+/t19-,20+,21?,22-,24+/m0/s1. The number of rotatable bonds is 5. The number of ether oxygens (including phenoxy) is 2. The highest BCUT2D eigenvalue weighted by Gasteiger charge is 2.61. The molecule has 0 aromatic carbocycles. The molecule has 2 rings (SSSR count). The fraction of sp³-hybridized carbons (Fsp3) is 0.667. The molecule has 0 saturated heterocycles. The van der Waals surface area contributed by atoms with Crippen LogP contribution < -0.4 is 0 Å². The largest absolute Gasteiger partial charge is 0.459 e. The first-order valence-corrected chi connectivity index (χ1v) is 10.2. The lowest BCUT2D eigenvalue weighted by molar-refractivity contribution is -0.214. The Morgan fingerprint density at radius 3 is 2.29 bits per heavy atom. The van der Waals surface area contributed by atoms with Crippen molar-refractivity contribution in [2.75, 3.05) is 0 Å². The first-order chi connectivity index (χ1) is 12.9. The number of carbonyl (C=O) groups excluding carboxylic acids is 2. The van der Waals surface area contributed by atoms with Crippen molar-refractivity contribution < 1.29 is 19.1 Å². The Morgan fingerprint density at radius 2 is 1.75 bits per heavy atom. The zero-order valence-electron chi connectivity index (χ0n) is 18.3. The van der Waals surface area contributed by atoms with E-state index in [0.29, 0.717) is 12.3 Å². The summed E-state index contributed by atoms with van der Waals surface area (Å²) in [5.74, 6) is -0.0467. The summed E-state index contributed by atoms with van der Waals surface area (Å²) < 4.78 is 11.4. The molecule has 0 amide bonds. The van der Waals surface area contributed by atoms with Crippen LogP contribution in [-0.2, 0) is 19.1 Å². The molecule has 0 aromatic heterocycles. The van der Waals surface area contributed by atoms with Crippen molar-refractivity contribution >= 4 is 11.9 Å². The molecule has 1 unspecified atom stereocenters. The lowest BCUT2D eigenvalue weighted by atomic mass is 9.46. The van der Waals surface area contributed by atoms with E-state index >= 15 is 0 Å². The topological polar surface area (TPSA) is 52.6 Å². The summed E-state index contributed by atoms with van der Waals surface area (Å²) in [6, 6.07) is 0. The minimum absolute atomic E-state index is 0.0897. The third-order valence-corrected chi connectivity index (χ3v) is 7.06. The molecule has 156 valence electrons. The van der Waals surface area contributed by atoms with E-state index in [1.807, 2.05) is 6.08 Å². The Labute approximate surface area is 170 Å². The molecule has 2 aliphatic carbocycles. The number of carbonyl (C=O) groups is 2. The van der Waals surface area contributed by atoms with E-state index in [1.165, 1.54) is 19.4 Å². The van der Waals surface area contributed by atoms with E-state index < -0.39 is 12.2 Å². The average molecular weight is 389 g/mol. The fourth-order valence-corrected chi connectivity index (χ4v) is 5.81. The van der Waals surface area contributed by atoms with Gasteiger partial charge >= 0.3 is 11.9 Å². The van der Waals surface area contributed by atoms with E-state index in [-0.39, 0.29) is 28.7 Å². The van der Waals surface area contributed by atoms with Crippen molar-refractivity contribution in [3.63, 3.8) is 0 Å². The van der Waals surface area contributed by atoms with Gasteiger partial charge in [-0.3, -0.25) is 9.59 Å². The van der Waals surface area contributed by atoms with E-state index in [2.05, 4.69) is 46.9 Å². The highest BCUT2D eigenvalue weighted by atomic mass is 16.6. The third-order valence-electron chi connectivity index (χ3n) is 7.06. The lowest BCUT2D eigenvalue weighted by Gasteiger charge is -2.61. The predicted molar refractivity (Wildman–Crippen MR) is 112 cm³/mol. The second-order valence-corrected chi connectivity index (χ2v) is 9.40. The summed E-state index contributed by atoms with van der Waals surface area (Å²) in [6.45, 7) is 19.7. The van der Waals surface area contributed by atoms with Crippen LogP contribution in [0.3, 0.4) is 0 Å². The van der Waals surface area contributed by atoms with Crippen LogP contribution in [0.15, 0.2) is 36.5 Å². The van der Waals surface area contributed by atoms with Crippen molar-refractivity contribution in [1.29, 1.82) is 0 Å². The highest BCUT2D eigenvalue weighted by Crippen LogP contribution is 2.62. The third kappa shape index (κ3) is 4.26. The van der Waals surface area contributed by atoms with Gasteiger partial charge in [-0.1, -0.05) is 57.2 Å². The second kappa shape index (κ2) is 8.26. The molecule has 0 radical (unpaired) electrons. The minimum atomic E-state index is -0.449. The summed E-state index contributed by atoms with van der Waals surface area (Å²) in [4.78, 5) is 23.6. The maximum Gasteiger partial charge on any atom is 0.303 e. The normalized spacial score (nSPS) is 34.9. The maximum atomic E-state index is 11.8. The molecule has 0 spiro atoms. The van der Waals surface area contributed by atoms with E-state index in [1.54, 1.807) is 0 Å². The summed E-state index contributed by atoms with van der Waals surface area (Å²) in [5.41, 5.74) is 2.01. The Bertz CT molecular complexity index is 687. The van der Waals surface area contributed by atoms with Gasteiger partial charge in [0.05, 0.1) is 0 Å². The van der Waals surface area contributed by atoms with Gasteiger partial charge in [0.25, 0.3) is 0 Å². The monoisotopic (exact) mass is 388 g/mol. The van der Waals surface area contributed by atoms with E-state index in [9.17, 15) is 9.59 Å². The van der Waals surface area contributed by atoms with Gasteiger partial charge in [0.1, 0.15) is 12.2 Å². The summed E-state index contributed by atoms with van der Waals surface area (Å²) in [6.07, 6.45) is 6.75. The Kier molecular flexibility index (Phi) is 6.62. The van der Waals surface area contributed by atoms with Gasteiger partial charge in [0.15, 0.2) is 0 Å². The molecule has 2 aliphatic rings. The molecule has 0 heterocycles. The first kappa shape index (κ1) is 22.4. The van der Waals surface area contributed by atoms with Gasteiger partial charge in [-0.05, 0) is 49.9 Å². The zero-order chi connectivity index (χ0) is 21.3. The summed E-state index contributed by atoms with van der Waals surface area (Å²) >= 11 is 0. The van der Waals surface area contributed by atoms with Gasteiger partial charge in [-0.2, -0.15) is 0 Å². The molecule has 0 aromatic rings. The SMILES string of the molecule is C=C/C(C)=C/C[C@H]1C(=C)CCC2C(C)(C)[C@@H](OC(C)=O)[C@H](OC(C)=O)C[C@@]21C. The maximum absolute atomic E-state index is 11.8.